The zero-order valence-corrected chi connectivity index (χ0v) is 8.66. The number of amides is 2. The monoisotopic (exact) mass is 217 g/mol. The van der Waals surface area contributed by atoms with Gasteiger partial charge in [-0.1, -0.05) is 0 Å². The zero-order chi connectivity index (χ0) is 11.8. The lowest BCUT2D eigenvalue weighted by atomic mass is 10.3. The second-order valence-electron chi connectivity index (χ2n) is 2.89. The van der Waals surface area contributed by atoms with Gasteiger partial charge in [0.25, 0.3) is 0 Å². The number of likely N-dealkylation sites (N-methyl/N-ethyl adjacent to an activating group) is 1. The predicted octanol–water partition coefficient (Wildman–Crippen LogP) is -2.09. The van der Waals surface area contributed by atoms with Gasteiger partial charge in [0, 0.05) is 13.5 Å². The molecule has 0 radical (unpaired) electrons. The fourth-order valence-corrected chi connectivity index (χ4v) is 0.796. The molecule has 0 rings (SSSR count). The molecule has 2 amide bonds. The van der Waals surface area contributed by atoms with Crippen molar-refractivity contribution in [3.63, 3.8) is 0 Å². The first-order chi connectivity index (χ1) is 6.97. The summed E-state index contributed by atoms with van der Waals surface area (Å²) in [7, 11) is 1.48. The Morgan fingerprint density at radius 3 is 2.27 bits per heavy atom. The fourth-order valence-electron chi connectivity index (χ4n) is 0.796. The van der Waals surface area contributed by atoms with Crippen molar-refractivity contribution >= 4 is 17.8 Å². The molecule has 0 aromatic heterocycles. The molecule has 1 atom stereocenters. The summed E-state index contributed by atoms with van der Waals surface area (Å²) in [6, 6.07) is -0.828. The van der Waals surface area contributed by atoms with Crippen molar-refractivity contribution in [2.45, 2.75) is 13.0 Å². The second kappa shape index (κ2) is 6.77. The van der Waals surface area contributed by atoms with Crippen molar-refractivity contribution in [3.05, 3.63) is 0 Å². The molecule has 0 aromatic carbocycles. The second-order valence-corrected chi connectivity index (χ2v) is 2.89. The van der Waals surface area contributed by atoms with Crippen molar-refractivity contribution in [1.29, 1.82) is 0 Å². The van der Waals surface area contributed by atoms with Crippen LogP contribution in [0.3, 0.4) is 0 Å². The van der Waals surface area contributed by atoms with Crippen LogP contribution in [0.4, 0.5) is 0 Å². The van der Waals surface area contributed by atoms with Crippen molar-refractivity contribution in [3.8, 4) is 0 Å². The molecule has 0 saturated heterocycles. The number of hydrogen-bond donors (Lipinski definition) is 4. The summed E-state index contributed by atoms with van der Waals surface area (Å²) in [6.45, 7) is 1.12. The molecule has 15 heavy (non-hydrogen) atoms. The van der Waals surface area contributed by atoms with Crippen molar-refractivity contribution in [2.24, 2.45) is 0 Å². The number of rotatable bonds is 6. The van der Waals surface area contributed by atoms with E-state index in [2.05, 4.69) is 16.0 Å². The lowest BCUT2D eigenvalue weighted by Crippen LogP contribution is -2.46. The predicted molar refractivity (Wildman–Crippen MR) is 52.2 cm³/mol. The van der Waals surface area contributed by atoms with Gasteiger partial charge in [0.15, 0.2) is 0 Å². The SMILES string of the molecule is CNC(CNC(=O)CNC(C)=O)C(=O)O. The minimum absolute atomic E-state index is 0.0236. The third-order valence-corrected chi connectivity index (χ3v) is 1.65. The fraction of sp³-hybridized carbons (Fsp3) is 0.625. The van der Waals surface area contributed by atoms with Gasteiger partial charge in [-0.25, -0.2) is 0 Å². The Kier molecular flexibility index (Phi) is 6.03. The highest BCUT2D eigenvalue weighted by atomic mass is 16.4. The molecule has 0 fully saturated rings. The highest BCUT2D eigenvalue weighted by Gasteiger charge is 2.15. The number of carboxylic acids is 1. The number of aliphatic carboxylic acids is 1. The smallest absolute Gasteiger partial charge is 0.322 e. The number of carboxylic acid groups (broad SMARTS) is 1. The average Bonchev–Trinajstić information content (AvgIpc) is 2.15. The Morgan fingerprint density at radius 1 is 1.27 bits per heavy atom. The summed E-state index contributed by atoms with van der Waals surface area (Å²) in [5.41, 5.74) is 0. The van der Waals surface area contributed by atoms with E-state index in [0.717, 1.165) is 0 Å². The summed E-state index contributed by atoms with van der Waals surface area (Å²) in [6.07, 6.45) is 0. The standard InChI is InChI=1S/C8H15N3O4/c1-5(12)10-4-7(13)11-3-6(9-2)8(14)15/h6,9H,3-4H2,1-2H3,(H,10,12)(H,11,13)(H,14,15). The van der Waals surface area contributed by atoms with E-state index in [4.69, 9.17) is 5.11 Å². The minimum Gasteiger partial charge on any atom is -0.480 e. The maximum atomic E-state index is 11.0. The molecular weight excluding hydrogens is 202 g/mol. The van der Waals surface area contributed by atoms with E-state index in [0.29, 0.717) is 0 Å². The Bertz CT molecular complexity index is 254. The maximum Gasteiger partial charge on any atom is 0.322 e. The summed E-state index contributed by atoms with van der Waals surface area (Å²) in [5.74, 6) is -1.78. The number of hydrogen-bond acceptors (Lipinski definition) is 4. The first-order valence-electron chi connectivity index (χ1n) is 4.38. The van der Waals surface area contributed by atoms with Crippen LogP contribution in [0.25, 0.3) is 0 Å². The van der Waals surface area contributed by atoms with Crippen LogP contribution in [-0.4, -0.2) is 49.1 Å². The Hall–Kier alpha value is -1.63. The maximum absolute atomic E-state index is 11.0. The highest BCUT2D eigenvalue weighted by Crippen LogP contribution is 1.79. The van der Waals surface area contributed by atoms with Gasteiger partial charge in [-0.15, -0.1) is 0 Å². The van der Waals surface area contributed by atoms with Crippen LogP contribution < -0.4 is 16.0 Å². The molecule has 0 aromatic rings. The van der Waals surface area contributed by atoms with E-state index in [1.54, 1.807) is 0 Å². The minimum atomic E-state index is -1.04. The molecule has 0 saturated carbocycles. The van der Waals surface area contributed by atoms with Crippen LogP contribution in [-0.2, 0) is 14.4 Å². The first-order valence-corrected chi connectivity index (χ1v) is 4.38. The normalized spacial score (nSPS) is 11.6. The highest BCUT2D eigenvalue weighted by molar-refractivity contribution is 5.84. The van der Waals surface area contributed by atoms with E-state index in [9.17, 15) is 14.4 Å². The van der Waals surface area contributed by atoms with Gasteiger partial charge in [0.05, 0.1) is 6.54 Å². The Morgan fingerprint density at radius 2 is 1.87 bits per heavy atom. The van der Waals surface area contributed by atoms with Crippen molar-refractivity contribution in [2.75, 3.05) is 20.1 Å². The average molecular weight is 217 g/mol. The summed E-state index contributed by atoms with van der Waals surface area (Å²) in [4.78, 5) is 32.0. The molecule has 4 N–H and O–H groups in total. The Labute approximate surface area is 87.2 Å². The molecule has 0 spiro atoms. The van der Waals surface area contributed by atoms with Crippen LogP contribution >= 0.6 is 0 Å². The molecule has 0 heterocycles. The zero-order valence-electron chi connectivity index (χ0n) is 8.66. The van der Waals surface area contributed by atoms with Crippen LogP contribution in [0.5, 0.6) is 0 Å². The molecule has 86 valence electrons. The number of carbonyl (C=O) groups excluding carboxylic acids is 2. The van der Waals surface area contributed by atoms with Crippen molar-refractivity contribution in [1.82, 2.24) is 16.0 Å². The molecule has 0 aliphatic rings. The van der Waals surface area contributed by atoms with Gasteiger partial charge in [-0.2, -0.15) is 0 Å². The van der Waals surface area contributed by atoms with Crippen LogP contribution in [0.2, 0.25) is 0 Å². The van der Waals surface area contributed by atoms with E-state index in [-0.39, 0.29) is 19.0 Å². The summed E-state index contributed by atoms with van der Waals surface area (Å²) in [5, 5.41) is 15.8. The van der Waals surface area contributed by atoms with E-state index in [1.165, 1.54) is 14.0 Å². The van der Waals surface area contributed by atoms with E-state index in [1.807, 2.05) is 0 Å². The van der Waals surface area contributed by atoms with Gasteiger partial charge >= 0.3 is 5.97 Å². The van der Waals surface area contributed by atoms with Gasteiger partial charge in [-0.05, 0) is 7.05 Å². The molecule has 7 nitrogen and oxygen atoms in total. The molecule has 0 bridgehead atoms. The van der Waals surface area contributed by atoms with Crippen molar-refractivity contribution < 1.29 is 19.5 Å². The molecule has 0 aliphatic carbocycles. The number of nitrogens with one attached hydrogen (secondary N) is 3. The quantitative estimate of drug-likeness (QED) is 0.408. The van der Waals surface area contributed by atoms with Gasteiger partial charge in [-0.3, -0.25) is 14.4 Å². The van der Waals surface area contributed by atoms with E-state index >= 15 is 0 Å². The summed E-state index contributed by atoms with van der Waals surface area (Å²) >= 11 is 0. The lowest BCUT2D eigenvalue weighted by molar-refractivity contribution is -0.139. The largest absolute Gasteiger partial charge is 0.480 e. The summed E-state index contributed by atoms with van der Waals surface area (Å²) < 4.78 is 0. The lowest BCUT2D eigenvalue weighted by Gasteiger charge is -2.12. The molecule has 7 heteroatoms. The Balaban J connectivity index is 3.78. The van der Waals surface area contributed by atoms with Crippen LogP contribution in [0.1, 0.15) is 6.92 Å². The van der Waals surface area contributed by atoms with Crippen LogP contribution in [0.15, 0.2) is 0 Å². The third kappa shape index (κ3) is 6.44. The third-order valence-electron chi connectivity index (χ3n) is 1.65. The molecule has 1 unspecified atom stereocenters. The number of carbonyl (C=O) groups is 3. The van der Waals surface area contributed by atoms with Gasteiger partial charge in [0.1, 0.15) is 6.04 Å². The molecule has 0 aliphatic heterocycles. The van der Waals surface area contributed by atoms with Gasteiger partial charge < -0.3 is 21.1 Å². The van der Waals surface area contributed by atoms with E-state index < -0.39 is 17.9 Å². The first kappa shape index (κ1) is 13.4. The van der Waals surface area contributed by atoms with Crippen LogP contribution in [0, 0.1) is 0 Å². The molecular formula is C8H15N3O4. The topological polar surface area (TPSA) is 108 Å². The van der Waals surface area contributed by atoms with Gasteiger partial charge in [0.2, 0.25) is 11.8 Å².